The molecule has 0 aliphatic heterocycles. The van der Waals surface area contributed by atoms with Crippen LogP contribution < -0.4 is 0 Å². The summed E-state index contributed by atoms with van der Waals surface area (Å²) >= 11 is 5.75. The van der Waals surface area contributed by atoms with Crippen molar-refractivity contribution in [2.45, 2.75) is 13.0 Å². The molecule has 0 aromatic heterocycles. The van der Waals surface area contributed by atoms with Crippen LogP contribution in [0.15, 0.2) is 24.3 Å². The van der Waals surface area contributed by atoms with Gasteiger partial charge in [0, 0.05) is 10.0 Å². The second kappa shape index (κ2) is 6.74. The van der Waals surface area contributed by atoms with Crippen LogP contribution in [0.4, 0.5) is 0 Å². The lowest BCUT2D eigenvalue weighted by Gasteiger charge is -2.05. The molecule has 1 rings (SSSR count). The molecule has 0 amide bonds. The summed E-state index contributed by atoms with van der Waals surface area (Å²) in [5.41, 5.74) is 0.766. The second-order valence-electron chi connectivity index (χ2n) is 2.89. The third-order valence-electron chi connectivity index (χ3n) is 1.84. The maximum Gasteiger partial charge on any atom is 0.335 e. The summed E-state index contributed by atoms with van der Waals surface area (Å²) in [6.07, 6.45) is -0.601. The average Bonchev–Trinajstić information content (AvgIpc) is 2.29. The van der Waals surface area contributed by atoms with E-state index in [0.717, 1.165) is 5.56 Å². The lowest BCUT2D eigenvalue weighted by molar-refractivity contribution is 0.121. The van der Waals surface area contributed by atoms with Crippen molar-refractivity contribution in [2.24, 2.45) is 0 Å². The lowest BCUT2D eigenvalue weighted by atomic mass is 10.1. The normalized spacial score (nSPS) is 10.6. The third-order valence-corrected chi connectivity index (χ3v) is 2.09. The zero-order chi connectivity index (χ0) is 11.8. The predicted molar refractivity (Wildman–Crippen MR) is 64.2 cm³/mol. The minimum atomic E-state index is -0.601. The molecule has 1 aromatic rings. The Morgan fingerprint density at radius 3 is 2.69 bits per heavy atom. The molecular formula is C12H10ClNO2. The molecule has 0 radical (unpaired) electrons. The van der Waals surface area contributed by atoms with E-state index in [-0.39, 0.29) is 6.61 Å². The van der Waals surface area contributed by atoms with Crippen molar-refractivity contribution in [1.29, 1.82) is 0 Å². The van der Waals surface area contributed by atoms with E-state index in [4.69, 9.17) is 16.3 Å². The molecule has 1 aromatic carbocycles. The molecule has 1 atom stereocenters. The maximum atomic E-state index is 10.2. The summed E-state index contributed by atoms with van der Waals surface area (Å²) in [5.74, 6) is 5.43. The monoisotopic (exact) mass is 235 g/mol. The number of halogens is 1. The SMILES string of the molecule is CC#CCOC(C#[N+][O-])c1ccc(Cl)cc1. The van der Waals surface area contributed by atoms with Crippen molar-refractivity contribution < 1.29 is 4.74 Å². The van der Waals surface area contributed by atoms with Crippen molar-refractivity contribution in [3.8, 4) is 17.9 Å². The Morgan fingerprint density at radius 2 is 2.12 bits per heavy atom. The molecule has 0 saturated heterocycles. The van der Waals surface area contributed by atoms with Gasteiger partial charge in [-0.3, -0.25) is 0 Å². The number of rotatable bonds is 3. The van der Waals surface area contributed by atoms with Crippen LogP contribution >= 0.6 is 11.6 Å². The molecule has 0 fully saturated rings. The van der Waals surface area contributed by atoms with Crippen LogP contribution in [0.1, 0.15) is 18.6 Å². The van der Waals surface area contributed by atoms with Crippen molar-refractivity contribution in [3.05, 3.63) is 45.1 Å². The Bertz CT molecular complexity index is 448. The van der Waals surface area contributed by atoms with E-state index in [1.54, 1.807) is 31.2 Å². The first-order chi connectivity index (χ1) is 7.77. The number of nitrogens with zero attached hydrogens (tertiary/aromatic N) is 1. The molecule has 0 spiro atoms. The fraction of sp³-hybridized carbons (Fsp3) is 0.250. The highest BCUT2D eigenvalue weighted by atomic mass is 35.5. The molecule has 3 nitrogen and oxygen atoms in total. The number of ether oxygens (including phenoxy) is 1. The van der Waals surface area contributed by atoms with Gasteiger partial charge in [0.05, 0.1) is 0 Å². The zero-order valence-electron chi connectivity index (χ0n) is 8.74. The van der Waals surface area contributed by atoms with Gasteiger partial charge in [-0.1, -0.05) is 29.7 Å². The van der Waals surface area contributed by atoms with Gasteiger partial charge in [-0.2, -0.15) is 0 Å². The van der Waals surface area contributed by atoms with E-state index in [1.165, 1.54) is 0 Å². The Hall–Kier alpha value is -1.68. The smallest absolute Gasteiger partial charge is 0.335 e. The largest absolute Gasteiger partial charge is 0.498 e. The fourth-order valence-corrected chi connectivity index (χ4v) is 1.22. The predicted octanol–water partition coefficient (Wildman–Crippen LogP) is 3.25. The molecule has 0 bridgehead atoms. The highest BCUT2D eigenvalue weighted by molar-refractivity contribution is 6.30. The molecule has 0 aliphatic carbocycles. The number of hydrogen-bond donors (Lipinski definition) is 0. The Morgan fingerprint density at radius 1 is 1.44 bits per heavy atom. The molecule has 82 valence electrons. The Kier molecular flexibility index (Phi) is 5.22. The Balaban J connectivity index is 2.78. The first-order valence-corrected chi connectivity index (χ1v) is 5.00. The molecule has 0 aliphatic rings. The Labute approximate surface area is 99.4 Å². The molecular weight excluding hydrogens is 226 g/mol. The summed E-state index contributed by atoms with van der Waals surface area (Å²) in [5, 5.41) is 13.4. The summed E-state index contributed by atoms with van der Waals surface area (Å²) in [6.45, 7) is 1.94. The van der Waals surface area contributed by atoms with Gasteiger partial charge in [0.15, 0.2) is 0 Å². The van der Waals surface area contributed by atoms with Crippen LogP contribution in [0.2, 0.25) is 5.02 Å². The van der Waals surface area contributed by atoms with E-state index < -0.39 is 6.10 Å². The summed E-state index contributed by atoms with van der Waals surface area (Å²) in [4.78, 5) is 0. The van der Waals surface area contributed by atoms with Gasteiger partial charge in [-0.05, 0) is 24.6 Å². The topological polar surface area (TPSA) is 36.6 Å². The van der Waals surface area contributed by atoms with Gasteiger partial charge < -0.3 is 9.94 Å². The molecule has 16 heavy (non-hydrogen) atoms. The van der Waals surface area contributed by atoms with Crippen LogP contribution in [0.3, 0.4) is 0 Å². The van der Waals surface area contributed by atoms with Gasteiger partial charge in [0.25, 0.3) is 0 Å². The molecule has 0 heterocycles. The fourth-order valence-electron chi connectivity index (χ4n) is 1.09. The van der Waals surface area contributed by atoms with E-state index in [1.807, 2.05) is 0 Å². The first-order valence-electron chi connectivity index (χ1n) is 4.62. The van der Waals surface area contributed by atoms with Crippen LogP contribution in [0.25, 0.3) is 5.01 Å². The molecule has 0 N–H and O–H groups in total. The number of benzene rings is 1. The van der Waals surface area contributed by atoms with Crippen LogP contribution in [-0.4, -0.2) is 6.61 Å². The maximum absolute atomic E-state index is 10.2. The highest BCUT2D eigenvalue weighted by Gasteiger charge is 2.14. The summed E-state index contributed by atoms with van der Waals surface area (Å²) in [6, 6.07) is 9.25. The van der Waals surface area contributed by atoms with Crippen molar-refractivity contribution in [1.82, 2.24) is 0 Å². The van der Waals surface area contributed by atoms with Crippen molar-refractivity contribution in [2.75, 3.05) is 6.61 Å². The van der Waals surface area contributed by atoms with E-state index in [2.05, 4.69) is 22.9 Å². The van der Waals surface area contributed by atoms with Gasteiger partial charge in [-0.25, -0.2) is 0 Å². The third kappa shape index (κ3) is 3.82. The lowest BCUT2D eigenvalue weighted by Crippen LogP contribution is -2.02. The van der Waals surface area contributed by atoms with Gasteiger partial charge in [0.2, 0.25) is 6.10 Å². The average molecular weight is 236 g/mol. The molecule has 4 heteroatoms. The van der Waals surface area contributed by atoms with Gasteiger partial charge >= 0.3 is 6.07 Å². The van der Waals surface area contributed by atoms with Crippen LogP contribution in [-0.2, 0) is 4.74 Å². The molecule has 0 saturated carbocycles. The quantitative estimate of drug-likeness (QED) is 0.596. The van der Waals surface area contributed by atoms with Gasteiger partial charge in [-0.15, -0.1) is 5.92 Å². The minimum absolute atomic E-state index is 0.228. The standard InChI is InChI=1S/C12H10ClNO2/c1-2-3-8-16-12(9-14-15)10-4-6-11(13)7-5-10/h4-7,12H,8H2,1H3. The molecule has 1 unspecified atom stereocenters. The number of hydrogen-bond acceptors (Lipinski definition) is 2. The highest BCUT2D eigenvalue weighted by Crippen LogP contribution is 2.19. The first kappa shape index (κ1) is 12.4. The van der Waals surface area contributed by atoms with E-state index in [9.17, 15) is 5.21 Å². The van der Waals surface area contributed by atoms with Crippen LogP contribution in [0, 0.1) is 23.1 Å². The summed E-state index contributed by atoms with van der Waals surface area (Å²) < 4.78 is 5.33. The van der Waals surface area contributed by atoms with Crippen molar-refractivity contribution >= 4 is 11.6 Å². The van der Waals surface area contributed by atoms with E-state index in [0.29, 0.717) is 5.02 Å². The summed E-state index contributed by atoms with van der Waals surface area (Å²) in [7, 11) is 0. The van der Waals surface area contributed by atoms with Crippen molar-refractivity contribution in [3.63, 3.8) is 0 Å². The second-order valence-corrected chi connectivity index (χ2v) is 3.33. The zero-order valence-corrected chi connectivity index (χ0v) is 9.49. The van der Waals surface area contributed by atoms with Crippen LogP contribution in [0.5, 0.6) is 0 Å². The van der Waals surface area contributed by atoms with Gasteiger partial charge in [0.1, 0.15) is 6.61 Å². The minimum Gasteiger partial charge on any atom is -0.498 e. The van der Waals surface area contributed by atoms with E-state index >= 15 is 0 Å².